The van der Waals surface area contributed by atoms with E-state index < -0.39 is 28.5 Å². The van der Waals surface area contributed by atoms with Crippen molar-refractivity contribution < 1.29 is 25.8 Å². The van der Waals surface area contributed by atoms with Gasteiger partial charge in [-0.1, -0.05) is 48.3 Å². The third-order valence-corrected chi connectivity index (χ3v) is 9.40. The number of hydrogen-bond donors (Lipinski definition) is 1. The van der Waals surface area contributed by atoms with E-state index in [1.54, 1.807) is 24.3 Å². The molecule has 2 unspecified atom stereocenters. The minimum absolute atomic E-state index is 0.0961. The zero-order valence-electron chi connectivity index (χ0n) is 23.3. The molecule has 2 aromatic carbocycles. The highest BCUT2D eigenvalue weighted by Gasteiger charge is 2.31. The fraction of sp³-hybridized carbons (Fsp3) is 0.414. The van der Waals surface area contributed by atoms with E-state index in [1.165, 1.54) is 18.6 Å². The van der Waals surface area contributed by atoms with Crippen molar-refractivity contribution in [3.8, 4) is 22.7 Å². The van der Waals surface area contributed by atoms with Crippen molar-refractivity contribution in [1.82, 2.24) is 14.8 Å². The molecule has 2 atom stereocenters. The predicted molar refractivity (Wildman–Crippen MR) is 166 cm³/mol. The second kappa shape index (κ2) is 13.1. The van der Waals surface area contributed by atoms with Gasteiger partial charge in [0.15, 0.2) is 0 Å². The highest BCUT2D eigenvalue weighted by atomic mass is 35.5. The Balaban J connectivity index is 1.69. The van der Waals surface area contributed by atoms with Crippen LogP contribution in [0.2, 0.25) is 10.0 Å². The number of likely N-dealkylation sites (N-methyl/N-ethyl adjacent to an activating group) is 1. The van der Waals surface area contributed by atoms with Gasteiger partial charge in [0.2, 0.25) is 0 Å². The summed E-state index contributed by atoms with van der Waals surface area (Å²) in [6.45, 7) is 1.92. The highest BCUT2D eigenvalue weighted by molar-refractivity contribution is 7.87. The lowest BCUT2D eigenvalue weighted by molar-refractivity contribution is -0.130. The molecule has 1 saturated carbocycles. The topological polar surface area (TPSA) is 63.6 Å². The SMILES string of the molecule is Cc1c(C(=S)NC2CCCCC2N(C)C)cc(-c2ccc(Cl)cc2Cl)n1-c1ccc(OS(=O)(=O)CCC(F)(F)F)cc1. The van der Waals surface area contributed by atoms with Gasteiger partial charge in [-0.2, -0.15) is 21.6 Å². The van der Waals surface area contributed by atoms with Gasteiger partial charge in [-0.3, -0.25) is 0 Å². The predicted octanol–water partition coefficient (Wildman–Crippen LogP) is 7.56. The molecule has 4 rings (SSSR count). The van der Waals surface area contributed by atoms with E-state index in [2.05, 4.69) is 24.3 Å². The molecule has 6 nitrogen and oxygen atoms in total. The lowest BCUT2D eigenvalue weighted by Gasteiger charge is -2.37. The maximum absolute atomic E-state index is 12.5. The third-order valence-electron chi connectivity index (χ3n) is 7.36. The molecule has 1 aliphatic carbocycles. The summed E-state index contributed by atoms with van der Waals surface area (Å²) in [6.07, 6.45) is -1.72. The van der Waals surface area contributed by atoms with Gasteiger partial charge in [0.25, 0.3) is 0 Å². The summed E-state index contributed by atoms with van der Waals surface area (Å²) >= 11 is 18.7. The molecular formula is C29H32Cl2F3N3O3S2. The van der Waals surface area contributed by atoms with Crippen LogP contribution in [0.15, 0.2) is 48.5 Å². The molecule has 0 aliphatic heterocycles. The van der Waals surface area contributed by atoms with E-state index in [0.29, 0.717) is 32.3 Å². The smallest absolute Gasteiger partial charge is 0.382 e. The number of hydrogen-bond acceptors (Lipinski definition) is 5. The van der Waals surface area contributed by atoms with E-state index in [-0.39, 0.29) is 11.8 Å². The summed E-state index contributed by atoms with van der Waals surface area (Å²) in [7, 11) is -0.283. The Morgan fingerprint density at radius 2 is 1.76 bits per heavy atom. The average Bonchev–Trinajstić information content (AvgIpc) is 3.24. The van der Waals surface area contributed by atoms with Crippen LogP contribution in [0.1, 0.15) is 43.4 Å². The van der Waals surface area contributed by atoms with Gasteiger partial charge in [-0.05, 0) is 82.4 Å². The zero-order valence-corrected chi connectivity index (χ0v) is 26.5. The van der Waals surface area contributed by atoms with Crippen LogP contribution in [-0.2, 0) is 10.1 Å². The first-order valence-corrected chi connectivity index (χ1v) is 16.1. The molecule has 3 aromatic rings. The molecule has 228 valence electrons. The Bertz CT molecular complexity index is 1540. The molecule has 1 aliphatic rings. The standard InChI is InChI=1S/C29H32Cl2F3N3O3S2/c1-18-23(28(41)35-25-6-4-5-7-26(25)36(2)3)17-27(22-13-8-19(30)16-24(22)31)37(18)20-9-11-21(12-10-20)40-42(38,39)15-14-29(32,33)34/h8-13,16-17,25-26H,4-7,14-15H2,1-3H3,(H,35,41). The maximum atomic E-state index is 12.5. The summed E-state index contributed by atoms with van der Waals surface area (Å²) in [4.78, 5) is 2.83. The Morgan fingerprint density at radius 1 is 1.10 bits per heavy atom. The van der Waals surface area contributed by atoms with E-state index >= 15 is 0 Å². The molecule has 1 heterocycles. The molecule has 1 fully saturated rings. The number of thiocarbonyl (C=S) groups is 1. The van der Waals surface area contributed by atoms with Crippen molar-refractivity contribution in [2.24, 2.45) is 0 Å². The van der Waals surface area contributed by atoms with Crippen LogP contribution >= 0.6 is 35.4 Å². The van der Waals surface area contributed by atoms with Crippen LogP contribution in [0.3, 0.4) is 0 Å². The minimum Gasteiger partial charge on any atom is -0.382 e. The second-order valence-corrected chi connectivity index (χ2v) is 13.5. The lowest BCUT2D eigenvalue weighted by atomic mass is 9.89. The molecule has 0 amide bonds. The van der Waals surface area contributed by atoms with Crippen molar-refractivity contribution in [1.29, 1.82) is 0 Å². The van der Waals surface area contributed by atoms with Crippen molar-refractivity contribution in [3.63, 3.8) is 0 Å². The quantitative estimate of drug-likeness (QED) is 0.189. The van der Waals surface area contributed by atoms with Crippen LogP contribution in [0.25, 0.3) is 16.9 Å². The normalized spacial score (nSPS) is 17.8. The second-order valence-electron chi connectivity index (χ2n) is 10.6. The first-order chi connectivity index (χ1) is 19.6. The molecule has 0 bridgehead atoms. The van der Waals surface area contributed by atoms with Gasteiger partial charge in [-0.25, -0.2) is 0 Å². The van der Waals surface area contributed by atoms with Crippen LogP contribution in [0.4, 0.5) is 13.2 Å². The lowest BCUT2D eigenvalue weighted by Crippen LogP contribution is -2.50. The van der Waals surface area contributed by atoms with E-state index in [1.807, 2.05) is 23.6 Å². The van der Waals surface area contributed by atoms with Crippen molar-refractivity contribution in [2.45, 2.75) is 57.3 Å². The van der Waals surface area contributed by atoms with Crippen molar-refractivity contribution in [2.75, 3.05) is 19.8 Å². The first-order valence-electron chi connectivity index (χ1n) is 13.4. The Labute approximate surface area is 259 Å². The maximum Gasteiger partial charge on any atom is 0.390 e. The van der Waals surface area contributed by atoms with Crippen molar-refractivity contribution in [3.05, 3.63) is 69.8 Å². The summed E-state index contributed by atoms with van der Waals surface area (Å²) in [5.41, 5.74) is 3.71. The van der Waals surface area contributed by atoms with Gasteiger partial charge < -0.3 is 19.0 Å². The van der Waals surface area contributed by atoms with Crippen molar-refractivity contribution >= 4 is 50.5 Å². The van der Waals surface area contributed by atoms with Gasteiger partial charge >= 0.3 is 16.3 Å². The summed E-state index contributed by atoms with van der Waals surface area (Å²) in [6, 6.07) is 13.7. The number of halogens is 5. The number of aromatic nitrogens is 1. The van der Waals surface area contributed by atoms with E-state index in [4.69, 9.17) is 39.6 Å². The zero-order chi connectivity index (χ0) is 30.8. The highest BCUT2D eigenvalue weighted by Crippen LogP contribution is 2.36. The minimum atomic E-state index is -4.61. The third kappa shape index (κ3) is 7.99. The molecular weight excluding hydrogens is 630 g/mol. The number of nitrogens with one attached hydrogen (secondary N) is 1. The van der Waals surface area contributed by atoms with Crippen LogP contribution in [-0.4, -0.2) is 61.0 Å². The summed E-state index contributed by atoms with van der Waals surface area (Å²) < 4.78 is 68.6. The van der Waals surface area contributed by atoms with Gasteiger partial charge in [-0.15, -0.1) is 0 Å². The van der Waals surface area contributed by atoms with E-state index in [0.717, 1.165) is 36.2 Å². The van der Waals surface area contributed by atoms with Crippen LogP contribution in [0, 0.1) is 6.92 Å². The largest absolute Gasteiger partial charge is 0.390 e. The molecule has 42 heavy (non-hydrogen) atoms. The average molecular weight is 663 g/mol. The Kier molecular flexibility index (Phi) is 10.2. The fourth-order valence-electron chi connectivity index (χ4n) is 5.29. The van der Waals surface area contributed by atoms with E-state index in [9.17, 15) is 21.6 Å². The molecule has 1 aromatic heterocycles. The molecule has 0 spiro atoms. The first kappa shape index (κ1) is 32.6. The number of rotatable bonds is 9. The number of alkyl halides is 3. The Hall–Kier alpha value is -2.31. The summed E-state index contributed by atoms with van der Waals surface area (Å²) in [5.74, 6) is -1.27. The van der Waals surface area contributed by atoms with Crippen LogP contribution < -0.4 is 9.50 Å². The fourth-order valence-corrected chi connectivity index (χ4v) is 7.12. The summed E-state index contributed by atoms with van der Waals surface area (Å²) in [5, 5.41) is 4.50. The van der Waals surface area contributed by atoms with Gasteiger partial charge in [0.05, 0.1) is 22.9 Å². The van der Waals surface area contributed by atoms with Gasteiger partial charge in [0.1, 0.15) is 10.7 Å². The molecule has 1 N–H and O–H groups in total. The van der Waals surface area contributed by atoms with Crippen LogP contribution in [0.5, 0.6) is 5.75 Å². The molecule has 13 heteroatoms. The Morgan fingerprint density at radius 3 is 2.38 bits per heavy atom. The van der Waals surface area contributed by atoms with Gasteiger partial charge in [0, 0.05) is 39.6 Å². The molecule has 0 radical (unpaired) electrons. The monoisotopic (exact) mass is 661 g/mol. The number of benzene rings is 2. The molecule has 0 saturated heterocycles. The number of nitrogens with zero attached hydrogens (tertiary/aromatic N) is 2.